The van der Waals surface area contributed by atoms with Gasteiger partial charge in [0.05, 0.1) is 5.69 Å². The van der Waals surface area contributed by atoms with Crippen LogP contribution in [0.5, 0.6) is 0 Å². The number of halogens is 2. The molecule has 0 bridgehead atoms. The topological polar surface area (TPSA) is 29.3 Å². The standard InChI is InChI=1S/C16H16F2N2S/c1-3-20(11-6-4-5-10(2)9-11)13-8-7-12(16(19)21)14(17)15(13)18/h4-9H,3H2,1-2H3,(H2,19,21). The molecule has 0 radical (unpaired) electrons. The number of anilines is 2. The van der Waals surface area contributed by atoms with E-state index in [0.717, 1.165) is 11.3 Å². The molecule has 2 aromatic rings. The first-order chi connectivity index (χ1) is 9.95. The second kappa shape index (κ2) is 6.18. The number of nitrogens with two attached hydrogens (primary N) is 1. The Kier molecular flexibility index (Phi) is 4.53. The van der Waals surface area contributed by atoms with Gasteiger partial charge >= 0.3 is 0 Å². The SMILES string of the molecule is CCN(c1cccc(C)c1)c1ccc(C(N)=S)c(F)c1F. The third kappa shape index (κ3) is 3.03. The van der Waals surface area contributed by atoms with E-state index in [2.05, 4.69) is 0 Å². The zero-order valence-corrected chi connectivity index (χ0v) is 12.7. The van der Waals surface area contributed by atoms with E-state index in [4.69, 9.17) is 18.0 Å². The van der Waals surface area contributed by atoms with Crippen molar-refractivity contribution < 1.29 is 8.78 Å². The Morgan fingerprint density at radius 3 is 2.48 bits per heavy atom. The largest absolute Gasteiger partial charge is 0.389 e. The number of rotatable bonds is 4. The summed E-state index contributed by atoms with van der Waals surface area (Å²) in [6.45, 7) is 4.33. The molecular formula is C16H16F2N2S. The van der Waals surface area contributed by atoms with Crippen LogP contribution in [0, 0.1) is 18.6 Å². The van der Waals surface area contributed by atoms with Gasteiger partial charge in [-0.05, 0) is 43.7 Å². The fourth-order valence-electron chi connectivity index (χ4n) is 2.23. The van der Waals surface area contributed by atoms with Gasteiger partial charge in [-0.1, -0.05) is 24.4 Å². The Labute approximate surface area is 128 Å². The number of hydrogen-bond acceptors (Lipinski definition) is 2. The normalized spacial score (nSPS) is 10.5. The molecule has 0 unspecified atom stereocenters. The van der Waals surface area contributed by atoms with Gasteiger partial charge in [0.15, 0.2) is 11.6 Å². The number of hydrogen-bond donors (Lipinski definition) is 1. The monoisotopic (exact) mass is 306 g/mol. The molecule has 110 valence electrons. The average molecular weight is 306 g/mol. The molecule has 0 atom stereocenters. The lowest BCUT2D eigenvalue weighted by atomic mass is 10.1. The Balaban J connectivity index is 2.53. The highest BCUT2D eigenvalue weighted by Crippen LogP contribution is 2.30. The maximum absolute atomic E-state index is 14.3. The van der Waals surface area contributed by atoms with Crippen LogP contribution in [-0.4, -0.2) is 11.5 Å². The van der Waals surface area contributed by atoms with E-state index in [9.17, 15) is 8.78 Å². The fraction of sp³-hybridized carbons (Fsp3) is 0.188. The van der Waals surface area contributed by atoms with Crippen LogP contribution in [-0.2, 0) is 0 Å². The molecule has 0 spiro atoms. The molecule has 2 aromatic carbocycles. The summed E-state index contributed by atoms with van der Waals surface area (Å²) in [5.74, 6) is -1.95. The predicted molar refractivity (Wildman–Crippen MR) is 86.1 cm³/mol. The van der Waals surface area contributed by atoms with Gasteiger partial charge < -0.3 is 10.6 Å². The lowest BCUT2D eigenvalue weighted by molar-refractivity contribution is 0.507. The first kappa shape index (κ1) is 15.4. The fourth-order valence-corrected chi connectivity index (χ4v) is 2.38. The number of aryl methyl sites for hydroxylation is 1. The summed E-state index contributed by atoms with van der Waals surface area (Å²) in [6, 6.07) is 10.5. The summed E-state index contributed by atoms with van der Waals surface area (Å²) in [5, 5.41) is 0. The molecular weight excluding hydrogens is 290 g/mol. The third-order valence-corrected chi connectivity index (χ3v) is 3.47. The quantitative estimate of drug-likeness (QED) is 0.864. The lowest BCUT2D eigenvalue weighted by Gasteiger charge is -2.24. The van der Waals surface area contributed by atoms with Crippen LogP contribution in [0.1, 0.15) is 18.1 Å². The molecule has 0 heterocycles. The van der Waals surface area contributed by atoms with Crippen molar-refractivity contribution in [2.24, 2.45) is 5.73 Å². The van der Waals surface area contributed by atoms with Crippen LogP contribution in [0.4, 0.5) is 20.2 Å². The van der Waals surface area contributed by atoms with Crippen LogP contribution in [0.25, 0.3) is 0 Å². The van der Waals surface area contributed by atoms with Gasteiger partial charge in [-0.3, -0.25) is 0 Å². The first-order valence-corrected chi connectivity index (χ1v) is 6.98. The van der Waals surface area contributed by atoms with E-state index in [1.165, 1.54) is 12.1 Å². The minimum Gasteiger partial charge on any atom is -0.389 e. The van der Waals surface area contributed by atoms with Crippen LogP contribution < -0.4 is 10.6 Å². The average Bonchev–Trinajstić information content (AvgIpc) is 2.44. The van der Waals surface area contributed by atoms with E-state index in [-0.39, 0.29) is 16.2 Å². The third-order valence-electron chi connectivity index (χ3n) is 3.25. The maximum atomic E-state index is 14.3. The summed E-state index contributed by atoms with van der Waals surface area (Å²) in [5.41, 5.74) is 7.33. The minimum atomic E-state index is -1.01. The molecule has 5 heteroatoms. The molecule has 0 fully saturated rings. The highest BCUT2D eigenvalue weighted by Gasteiger charge is 2.19. The molecule has 0 aliphatic carbocycles. The van der Waals surface area contributed by atoms with Crippen molar-refractivity contribution in [3.05, 3.63) is 59.2 Å². The van der Waals surface area contributed by atoms with Crippen molar-refractivity contribution in [2.75, 3.05) is 11.4 Å². The highest BCUT2D eigenvalue weighted by molar-refractivity contribution is 7.80. The molecule has 0 amide bonds. The Morgan fingerprint density at radius 1 is 1.19 bits per heavy atom. The van der Waals surface area contributed by atoms with Gasteiger partial charge in [0.25, 0.3) is 0 Å². The van der Waals surface area contributed by atoms with Gasteiger partial charge in [-0.15, -0.1) is 0 Å². The Hall–Kier alpha value is -2.01. The van der Waals surface area contributed by atoms with Gasteiger partial charge in [0.1, 0.15) is 4.99 Å². The van der Waals surface area contributed by atoms with Crippen LogP contribution in [0.15, 0.2) is 36.4 Å². The van der Waals surface area contributed by atoms with Gasteiger partial charge in [-0.25, -0.2) is 8.78 Å². The summed E-state index contributed by atoms with van der Waals surface area (Å²) in [6.07, 6.45) is 0. The maximum Gasteiger partial charge on any atom is 0.183 e. The Morgan fingerprint density at radius 2 is 1.90 bits per heavy atom. The second-order valence-corrected chi connectivity index (χ2v) is 5.15. The highest BCUT2D eigenvalue weighted by atomic mass is 32.1. The van der Waals surface area contributed by atoms with E-state index >= 15 is 0 Å². The molecule has 0 aliphatic heterocycles. The minimum absolute atomic E-state index is 0.0773. The Bertz CT molecular complexity index is 686. The number of thiocarbonyl (C=S) groups is 1. The van der Waals surface area contributed by atoms with Gasteiger partial charge in [0, 0.05) is 17.8 Å². The number of nitrogens with zero attached hydrogens (tertiary/aromatic N) is 1. The van der Waals surface area contributed by atoms with Crippen molar-refractivity contribution >= 4 is 28.6 Å². The van der Waals surface area contributed by atoms with E-state index in [1.807, 2.05) is 38.1 Å². The molecule has 0 saturated heterocycles. The lowest BCUT2D eigenvalue weighted by Crippen LogP contribution is -2.20. The van der Waals surface area contributed by atoms with Crippen molar-refractivity contribution in [2.45, 2.75) is 13.8 Å². The molecule has 21 heavy (non-hydrogen) atoms. The molecule has 0 saturated carbocycles. The van der Waals surface area contributed by atoms with Gasteiger partial charge in [0.2, 0.25) is 0 Å². The zero-order valence-electron chi connectivity index (χ0n) is 11.9. The van der Waals surface area contributed by atoms with Crippen molar-refractivity contribution in [1.82, 2.24) is 0 Å². The summed E-state index contributed by atoms with van der Waals surface area (Å²) >= 11 is 4.71. The van der Waals surface area contributed by atoms with E-state index in [0.29, 0.717) is 6.54 Å². The molecule has 2 N–H and O–H groups in total. The van der Waals surface area contributed by atoms with E-state index in [1.54, 1.807) is 4.90 Å². The van der Waals surface area contributed by atoms with Gasteiger partial charge in [-0.2, -0.15) is 0 Å². The predicted octanol–water partition coefficient (Wildman–Crippen LogP) is 4.07. The first-order valence-electron chi connectivity index (χ1n) is 6.57. The van der Waals surface area contributed by atoms with Crippen molar-refractivity contribution in [3.63, 3.8) is 0 Å². The van der Waals surface area contributed by atoms with Crippen molar-refractivity contribution in [3.8, 4) is 0 Å². The summed E-state index contributed by atoms with van der Waals surface area (Å²) in [4.78, 5) is 1.55. The number of benzene rings is 2. The molecule has 2 rings (SSSR count). The zero-order chi connectivity index (χ0) is 15.6. The smallest absolute Gasteiger partial charge is 0.183 e. The van der Waals surface area contributed by atoms with Crippen LogP contribution in [0.3, 0.4) is 0 Å². The van der Waals surface area contributed by atoms with Crippen LogP contribution >= 0.6 is 12.2 Å². The summed E-state index contributed by atoms with van der Waals surface area (Å²) in [7, 11) is 0. The second-order valence-electron chi connectivity index (χ2n) is 4.71. The summed E-state index contributed by atoms with van der Waals surface area (Å²) < 4.78 is 28.3. The molecule has 2 nitrogen and oxygen atoms in total. The molecule has 0 aromatic heterocycles. The van der Waals surface area contributed by atoms with Crippen molar-refractivity contribution in [1.29, 1.82) is 0 Å². The van der Waals surface area contributed by atoms with E-state index < -0.39 is 11.6 Å². The van der Waals surface area contributed by atoms with Crippen LogP contribution in [0.2, 0.25) is 0 Å². The molecule has 0 aliphatic rings.